The van der Waals surface area contributed by atoms with Crippen molar-refractivity contribution in [3.8, 4) is 0 Å². The van der Waals surface area contributed by atoms with E-state index in [1.54, 1.807) is 23.9 Å². The van der Waals surface area contributed by atoms with Crippen LogP contribution in [0.1, 0.15) is 32.1 Å². The molecule has 0 aromatic heterocycles. The standard InChI is InChI=1S/C14H16ClFN2S/c15-10-4-5-12(11(16)8-10)17-13-18-14(9-19-13)6-2-1-3-7-14/h4-5,8H,1-3,6-7,9H2,(H,17,18). The molecular formula is C14H16ClFN2S. The Kier molecular flexibility index (Phi) is 3.72. The van der Waals surface area contributed by atoms with Crippen molar-refractivity contribution in [3.63, 3.8) is 0 Å². The van der Waals surface area contributed by atoms with Crippen molar-refractivity contribution in [1.29, 1.82) is 0 Å². The van der Waals surface area contributed by atoms with Gasteiger partial charge in [-0.05, 0) is 31.0 Å². The molecule has 1 aromatic carbocycles. The third kappa shape index (κ3) is 2.90. The normalized spacial score (nSPS) is 21.5. The molecule has 3 rings (SSSR count). The van der Waals surface area contributed by atoms with E-state index in [2.05, 4.69) is 5.32 Å². The van der Waals surface area contributed by atoms with Crippen molar-refractivity contribution in [1.82, 2.24) is 0 Å². The van der Waals surface area contributed by atoms with Crippen LogP contribution in [-0.2, 0) is 0 Å². The molecule has 5 heteroatoms. The lowest BCUT2D eigenvalue weighted by Gasteiger charge is -2.29. The summed E-state index contributed by atoms with van der Waals surface area (Å²) in [6, 6.07) is 4.66. The molecule has 2 aliphatic rings. The fraction of sp³-hybridized carbons (Fsp3) is 0.500. The number of benzene rings is 1. The van der Waals surface area contributed by atoms with Crippen LogP contribution in [-0.4, -0.2) is 16.5 Å². The lowest BCUT2D eigenvalue weighted by Crippen LogP contribution is -2.29. The van der Waals surface area contributed by atoms with E-state index in [1.807, 2.05) is 0 Å². The molecule has 0 radical (unpaired) electrons. The summed E-state index contributed by atoms with van der Waals surface area (Å²) in [5, 5.41) is 4.33. The number of halogens is 2. The van der Waals surface area contributed by atoms with Crippen LogP contribution in [0.3, 0.4) is 0 Å². The van der Waals surface area contributed by atoms with E-state index < -0.39 is 0 Å². The molecular weight excluding hydrogens is 283 g/mol. The highest BCUT2D eigenvalue weighted by atomic mass is 35.5. The second-order valence-corrected chi connectivity index (χ2v) is 6.64. The third-order valence-electron chi connectivity index (χ3n) is 3.77. The Hall–Kier alpha value is -0.740. The first-order chi connectivity index (χ1) is 9.17. The second-order valence-electron chi connectivity index (χ2n) is 5.24. The van der Waals surface area contributed by atoms with E-state index in [9.17, 15) is 4.39 Å². The average Bonchev–Trinajstić information content (AvgIpc) is 2.77. The summed E-state index contributed by atoms with van der Waals surface area (Å²) < 4.78 is 13.7. The lowest BCUT2D eigenvalue weighted by atomic mass is 9.84. The van der Waals surface area contributed by atoms with Crippen LogP contribution in [0.2, 0.25) is 5.02 Å². The van der Waals surface area contributed by atoms with Crippen molar-refractivity contribution in [2.24, 2.45) is 4.99 Å². The lowest BCUT2D eigenvalue weighted by molar-refractivity contribution is 0.335. The Balaban J connectivity index is 1.75. The predicted molar refractivity (Wildman–Crippen MR) is 80.7 cm³/mol. The molecule has 1 aliphatic heterocycles. The summed E-state index contributed by atoms with van der Waals surface area (Å²) in [5.74, 6) is 0.685. The third-order valence-corrected chi connectivity index (χ3v) is 5.16. The van der Waals surface area contributed by atoms with E-state index in [-0.39, 0.29) is 11.4 Å². The van der Waals surface area contributed by atoms with Gasteiger partial charge in [-0.15, -0.1) is 0 Å². The summed E-state index contributed by atoms with van der Waals surface area (Å²) in [5.41, 5.74) is 0.553. The van der Waals surface area contributed by atoms with Gasteiger partial charge in [0.05, 0.1) is 11.2 Å². The zero-order valence-electron chi connectivity index (χ0n) is 10.6. The van der Waals surface area contributed by atoms with Crippen molar-refractivity contribution >= 4 is 34.2 Å². The summed E-state index contributed by atoms with van der Waals surface area (Å²) in [4.78, 5) is 4.81. The number of amidine groups is 1. The molecule has 1 saturated carbocycles. The minimum Gasteiger partial charge on any atom is -0.333 e. The van der Waals surface area contributed by atoms with Crippen LogP contribution in [0.25, 0.3) is 0 Å². The SMILES string of the molecule is Fc1cc(Cl)ccc1NC1=NC2(CCCCC2)CS1. The molecule has 102 valence electrons. The molecule has 1 heterocycles. The monoisotopic (exact) mass is 298 g/mol. The molecule has 19 heavy (non-hydrogen) atoms. The Morgan fingerprint density at radius 1 is 1.26 bits per heavy atom. The summed E-state index contributed by atoms with van der Waals surface area (Å²) >= 11 is 7.44. The Morgan fingerprint density at radius 2 is 2.05 bits per heavy atom. The van der Waals surface area contributed by atoms with Crippen LogP contribution >= 0.6 is 23.4 Å². The largest absolute Gasteiger partial charge is 0.333 e. The molecule has 1 aromatic rings. The Labute approximate surface area is 121 Å². The average molecular weight is 299 g/mol. The first kappa shape index (κ1) is 13.3. The molecule has 0 amide bonds. The summed E-state index contributed by atoms with van der Waals surface area (Å²) in [6.07, 6.45) is 6.15. The van der Waals surface area contributed by atoms with Crippen molar-refractivity contribution in [2.75, 3.05) is 11.1 Å². The van der Waals surface area contributed by atoms with Gasteiger partial charge in [0, 0.05) is 10.8 Å². The van der Waals surface area contributed by atoms with Crippen molar-refractivity contribution in [3.05, 3.63) is 29.0 Å². The van der Waals surface area contributed by atoms with E-state index in [4.69, 9.17) is 16.6 Å². The van der Waals surface area contributed by atoms with E-state index in [0.717, 1.165) is 23.8 Å². The maximum atomic E-state index is 13.7. The topological polar surface area (TPSA) is 24.4 Å². The van der Waals surface area contributed by atoms with E-state index in [0.29, 0.717) is 10.7 Å². The highest BCUT2D eigenvalue weighted by Crippen LogP contribution is 2.40. The zero-order valence-corrected chi connectivity index (χ0v) is 12.2. The smallest absolute Gasteiger partial charge is 0.161 e. The van der Waals surface area contributed by atoms with E-state index >= 15 is 0 Å². The number of rotatable bonds is 1. The van der Waals surface area contributed by atoms with Gasteiger partial charge in [-0.25, -0.2) is 4.39 Å². The Morgan fingerprint density at radius 3 is 2.79 bits per heavy atom. The molecule has 1 fully saturated rings. The molecule has 1 aliphatic carbocycles. The first-order valence-electron chi connectivity index (χ1n) is 6.62. The minimum atomic E-state index is -0.333. The molecule has 2 nitrogen and oxygen atoms in total. The number of anilines is 1. The first-order valence-corrected chi connectivity index (χ1v) is 7.98. The number of hydrogen-bond acceptors (Lipinski definition) is 3. The molecule has 0 saturated heterocycles. The number of aliphatic imine (C=N–C) groups is 1. The Bertz CT molecular complexity index is 512. The molecule has 0 unspecified atom stereocenters. The van der Waals surface area contributed by atoms with Gasteiger partial charge in [-0.1, -0.05) is 42.6 Å². The van der Waals surface area contributed by atoms with Gasteiger partial charge in [0.25, 0.3) is 0 Å². The van der Waals surface area contributed by atoms with Crippen LogP contribution in [0, 0.1) is 5.82 Å². The summed E-state index contributed by atoms with van der Waals surface area (Å²) in [7, 11) is 0. The van der Waals surface area contributed by atoms with Crippen LogP contribution in [0.15, 0.2) is 23.2 Å². The summed E-state index contributed by atoms with van der Waals surface area (Å²) in [6.45, 7) is 0. The fourth-order valence-electron chi connectivity index (χ4n) is 2.72. The van der Waals surface area contributed by atoms with Crippen molar-refractivity contribution in [2.45, 2.75) is 37.6 Å². The quantitative estimate of drug-likeness (QED) is 0.813. The number of nitrogens with zero attached hydrogens (tertiary/aromatic N) is 1. The number of nitrogens with one attached hydrogen (secondary N) is 1. The molecule has 0 bridgehead atoms. The second kappa shape index (κ2) is 5.33. The van der Waals surface area contributed by atoms with E-state index in [1.165, 1.54) is 25.3 Å². The van der Waals surface area contributed by atoms with Gasteiger partial charge in [-0.2, -0.15) is 0 Å². The molecule has 0 atom stereocenters. The van der Waals surface area contributed by atoms with Gasteiger partial charge >= 0.3 is 0 Å². The minimum absolute atomic E-state index is 0.105. The zero-order chi connectivity index (χ0) is 13.3. The van der Waals surface area contributed by atoms with Gasteiger partial charge in [0.2, 0.25) is 0 Å². The number of thioether (sulfide) groups is 1. The molecule has 1 spiro atoms. The highest BCUT2D eigenvalue weighted by molar-refractivity contribution is 8.14. The maximum absolute atomic E-state index is 13.7. The maximum Gasteiger partial charge on any atom is 0.161 e. The van der Waals surface area contributed by atoms with Crippen LogP contribution in [0.5, 0.6) is 0 Å². The van der Waals surface area contributed by atoms with Gasteiger partial charge < -0.3 is 5.32 Å². The van der Waals surface area contributed by atoms with Crippen LogP contribution in [0.4, 0.5) is 10.1 Å². The number of hydrogen-bond donors (Lipinski definition) is 1. The predicted octanol–water partition coefficient (Wildman–Crippen LogP) is 4.70. The fourth-order valence-corrected chi connectivity index (χ4v) is 4.08. The van der Waals surface area contributed by atoms with Crippen molar-refractivity contribution < 1.29 is 4.39 Å². The van der Waals surface area contributed by atoms with Gasteiger partial charge in [0.15, 0.2) is 5.17 Å². The van der Waals surface area contributed by atoms with Crippen LogP contribution < -0.4 is 5.32 Å². The van der Waals surface area contributed by atoms with Gasteiger partial charge in [0.1, 0.15) is 5.82 Å². The highest BCUT2D eigenvalue weighted by Gasteiger charge is 2.36. The molecule has 1 N–H and O–H groups in total. The van der Waals surface area contributed by atoms with Gasteiger partial charge in [-0.3, -0.25) is 4.99 Å².